The molecule has 5 nitrogen and oxygen atoms in total. The number of sulfonamides is 1. The number of nitrogens with one attached hydrogen (secondary N) is 2. The molecule has 2 fully saturated rings. The van der Waals surface area contributed by atoms with Crippen molar-refractivity contribution >= 4 is 10.0 Å². The Hall–Kier alpha value is -0.170. The van der Waals surface area contributed by atoms with E-state index >= 15 is 0 Å². The van der Waals surface area contributed by atoms with Crippen LogP contribution in [0.25, 0.3) is 0 Å². The molecule has 0 radical (unpaired) electrons. The van der Waals surface area contributed by atoms with Gasteiger partial charge in [0, 0.05) is 19.7 Å². The van der Waals surface area contributed by atoms with E-state index in [4.69, 9.17) is 4.74 Å². The minimum Gasteiger partial charge on any atom is -0.378 e. The zero-order chi connectivity index (χ0) is 12.1. The summed E-state index contributed by atoms with van der Waals surface area (Å²) >= 11 is 0. The van der Waals surface area contributed by atoms with Gasteiger partial charge >= 0.3 is 0 Å². The van der Waals surface area contributed by atoms with Gasteiger partial charge in [-0.05, 0) is 38.6 Å². The quantitative estimate of drug-likeness (QED) is 0.744. The zero-order valence-corrected chi connectivity index (χ0v) is 11.0. The summed E-state index contributed by atoms with van der Waals surface area (Å²) in [6.07, 6.45) is 5.15. The third kappa shape index (κ3) is 3.91. The molecular weight excluding hydrogens is 240 g/mol. The van der Waals surface area contributed by atoms with Crippen molar-refractivity contribution in [2.75, 3.05) is 26.2 Å². The fourth-order valence-electron chi connectivity index (χ4n) is 2.41. The molecule has 0 spiro atoms. The van der Waals surface area contributed by atoms with Crippen LogP contribution in [0, 0.1) is 0 Å². The molecule has 6 heteroatoms. The Morgan fingerprint density at radius 2 is 2.18 bits per heavy atom. The van der Waals surface area contributed by atoms with Gasteiger partial charge in [0.1, 0.15) is 0 Å². The van der Waals surface area contributed by atoms with Gasteiger partial charge in [0.2, 0.25) is 10.0 Å². The second-order valence-electron chi connectivity index (χ2n) is 4.83. The van der Waals surface area contributed by atoms with E-state index in [0.717, 1.165) is 38.8 Å². The molecule has 0 aliphatic carbocycles. The molecule has 2 atom stereocenters. The van der Waals surface area contributed by atoms with Crippen molar-refractivity contribution in [1.29, 1.82) is 0 Å². The zero-order valence-electron chi connectivity index (χ0n) is 10.2. The van der Waals surface area contributed by atoms with Gasteiger partial charge in [-0.25, -0.2) is 13.1 Å². The molecule has 100 valence electrons. The molecule has 0 aromatic heterocycles. The Kier molecular flexibility index (Phi) is 4.78. The van der Waals surface area contributed by atoms with Gasteiger partial charge in [-0.3, -0.25) is 0 Å². The van der Waals surface area contributed by atoms with Crippen LogP contribution in [0.5, 0.6) is 0 Å². The van der Waals surface area contributed by atoms with Crippen LogP contribution in [0.3, 0.4) is 0 Å². The predicted molar refractivity (Wildman–Crippen MR) is 66.4 cm³/mol. The molecule has 0 aromatic rings. The van der Waals surface area contributed by atoms with E-state index in [9.17, 15) is 8.42 Å². The first-order valence-electron chi connectivity index (χ1n) is 6.49. The standard InChI is InChI=1S/C11H22N2O3S/c14-17(15,11-5-6-12-9-11)13-7-4-10-3-1-2-8-16-10/h10-13H,1-9H2. The fraction of sp³-hybridized carbons (Fsp3) is 1.00. The molecule has 0 aromatic carbocycles. The Labute approximate surface area is 103 Å². The summed E-state index contributed by atoms with van der Waals surface area (Å²) in [4.78, 5) is 0. The molecule has 0 bridgehead atoms. The van der Waals surface area contributed by atoms with Crippen LogP contribution in [0.4, 0.5) is 0 Å². The van der Waals surface area contributed by atoms with Crippen LogP contribution in [-0.4, -0.2) is 46.0 Å². The summed E-state index contributed by atoms with van der Waals surface area (Å²) in [6, 6.07) is 0. The van der Waals surface area contributed by atoms with Crippen molar-refractivity contribution in [1.82, 2.24) is 10.0 Å². The van der Waals surface area contributed by atoms with Crippen LogP contribution in [0.1, 0.15) is 32.1 Å². The lowest BCUT2D eigenvalue weighted by molar-refractivity contribution is 0.0123. The molecule has 0 amide bonds. The van der Waals surface area contributed by atoms with Gasteiger partial charge in [0.05, 0.1) is 11.4 Å². The van der Waals surface area contributed by atoms with Gasteiger partial charge in [0.25, 0.3) is 0 Å². The van der Waals surface area contributed by atoms with Gasteiger partial charge in [-0.2, -0.15) is 0 Å². The fourth-order valence-corrected chi connectivity index (χ4v) is 3.81. The lowest BCUT2D eigenvalue weighted by Gasteiger charge is -2.22. The molecule has 2 saturated heterocycles. The van der Waals surface area contributed by atoms with Gasteiger partial charge in [-0.15, -0.1) is 0 Å². The van der Waals surface area contributed by atoms with Crippen LogP contribution in [0.2, 0.25) is 0 Å². The number of ether oxygens (including phenoxy) is 1. The van der Waals surface area contributed by atoms with Gasteiger partial charge in [-0.1, -0.05) is 0 Å². The largest absolute Gasteiger partial charge is 0.378 e. The molecule has 2 aliphatic rings. The van der Waals surface area contributed by atoms with Crippen LogP contribution in [-0.2, 0) is 14.8 Å². The lowest BCUT2D eigenvalue weighted by Crippen LogP contribution is -2.37. The lowest BCUT2D eigenvalue weighted by atomic mass is 10.1. The number of rotatable bonds is 5. The first-order valence-corrected chi connectivity index (χ1v) is 8.04. The first kappa shape index (κ1) is 13.3. The van der Waals surface area contributed by atoms with E-state index < -0.39 is 10.0 Å². The minimum absolute atomic E-state index is 0.244. The summed E-state index contributed by atoms with van der Waals surface area (Å²) in [5.74, 6) is 0. The average Bonchev–Trinajstić information content (AvgIpc) is 2.84. The Balaban J connectivity index is 1.69. The highest BCUT2D eigenvalue weighted by Gasteiger charge is 2.28. The van der Waals surface area contributed by atoms with E-state index in [0.29, 0.717) is 13.1 Å². The summed E-state index contributed by atoms with van der Waals surface area (Å²) in [7, 11) is -3.13. The molecule has 2 unspecified atom stereocenters. The highest BCUT2D eigenvalue weighted by atomic mass is 32.2. The van der Waals surface area contributed by atoms with Crippen molar-refractivity contribution in [2.45, 2.75) is 43.5 Å². The average molecular weight is 262 g/mol. The van der Waals surface area contributed by atoms with E-state index in [1.165, 1.54) is 6.42 Å². The predicted octanol–water partition coefficient (Wildman–Crippen LogP) is 0.227. The monoisotopic (exact) mass is 262 g/mol. The highest BCUT2D eigenvalue weighted by molar-refractivity contribution is 7.90. The molecule has 2 N–H and O–H groups in total. The normalized spacial score (nSPS) is 30.6. The summed E-state index contributed by atoms with van der Waals surface area (Å²) in [6.45, 7) is 2.71. The highest BCUT2D eigenvalue weighted by Crippen LogP contribution is 2.15. The maximum atomic E-state index is 11.9. The minimum atomic E-state index is -3.13. The molecule has 2 heterocycles. The smallest absolute Gasteiger partial charge is 0.215 e. The molecule has 17 heavy (non-hydrogen) atoms. The summed E-state index contributed by atoms with van der Waals surface area (Å²) in [5.41, 5.74) is 0. The van der Waals surface area contributed by atoms with Crippen LogP contribution in [0.15, 0.2) is 0 Å². The molecule has 2 rings (SSSR count). The van der Waals surface area contributed by atoms with Crippen LogP contribution < -0.4 is 10.0 Å². The summed E-state index contributed by atoms with van der Waals surface area (Å²) in [5, 5.41) is 2.82. The molecular formula is C11H22N2O3S. The maximum Gasteiger partial charge on any atom is 0.215 e. The van der Waals surface area contributed by atoms with Gasteiger partial charge in [0.15, 0.2) is 0 Å². The maximum absolute atomic E-state index is 11.9. The Morgan fingerprint density at radius 1 is 1.29 bits per heavy atom. The first-order chi connectivity index (χ1) is 8.18. The van der Waals surface area contributed by atoms with Crippen molar-refractivity contribution in [3.63, 3.8) is 0 Å². The topological polar surface area (TPSA) is 67.4 Å². The second kappa shape index (κ2) is 6.13. The SMILES string of the molecule is O=S(=O)(NCCC1CCCCO1)C1CCNC1. The van der Waals surface area contributed by atoms with Crippen molar-refractivity contribution in [2.24, 2.45) is 0 Å². The Bertz CT molecular complexity index is 320. The second-order valence-corrected chi connectivity index (χ2v) is 6.88. The molecule has 0 saturated carbocycles. The van der Waals surface area contributed by atoms with E-state index in [1.54, 1.807) is 0 Å². The third-order valence-electron chi connectivity index (χ3n) is 3.50. The van der Waals surface area contributed by atoms with E-state index in [2.05, 4.69) is 10.0 Å². The number of hydrogen-bond donors (Lipinski definition) is 2. The van der Waals surface area contributed by atoms with Crippen molar-refractivity contribution < 1.29 is 13.2 Å². The van der Waals surface area contributed by atoms with Crippen LogP contribution >= 0.6 is 0 Å². The summed E-state index contributed by atoms with van der Waals surface area (Å²) < 4.78 is 32.0. The number of hydrogen-bond acceptors (Lipinski definition) is 4. The van der Waals surface area contributed by atoms with E-state index in [-0.39, 0.29) is 11.4 Å². The van der Waals surface area contributed by atoms with E-state index in [1.807, 2.05) is 0 Å². The molecule has 2 aliphatic heterocycles. The Morgan fingerprint density at radius 3 is 2.82 bits per heavy atom. The third-order valence-corrected chi connectivity index (χ3v) is 5.38. The van der Waals surface area contributed by atoms with Gasteiger partial charge < -0.3 is 10.1 Å². The van der Waals surface area contributed by atoms with Crippen molar-refractivity contribution in [3.05, 3.63) is 0 Å². The van der Waals surface area contributed by atoms with Crippen molar-refractivity contribution in [3.8, 4) is 0 Å².